The lowest BCUT2D eigenvalue weighted by Crippen LogP contribution is -2.00. The highest BCUT2D eigenvalue weighted by Gasteiger charge is 2.19. The molecule has 6 nitrogen and oxygen atoms in total. The van der Waals surface area contributed by atoms with E-state index in [2.05, 4.69) is 103 Å². The topological polar surface area (TPSA) is 78.1 Å². The van der Waals surface area contributed by atoms with Crippen molar-refractivity contribution in [1.29, 1.82) is 0 Å². The first-order valence-corrected chi connectivity index (χ1v) is 18.9. The summed E-state index contributed by atoms with van der Waals surface area (Å²) in [6.45, 7) is 0. The number of para-hydroxylation sites is 4. The van der Waals surface area contributed by atoms with Crippen molar-refractivity contribution in [3.8, 4) is 56.4 Å². The number of hydrogen-bond acceptors (Lipinski definition) is 6. The van der Waals surface area contributed by atoms with E-state index in [4.69, 9.17) is 28.2 Å². The summed E-state index contributed by atoms with van der Waals surface area (Å²) in [4.78, 5) is 15.5. The van der Waals surface area contributed by atoms with Gasteiger partial charge >= 0.3 is 0 Å². The highest BCUT2D eigenvalue weighted by molar-refractivity contribution is 6.12. The van der Waals surface area contributed by atoms with Gasteiger partial charge in [-0.05, 0) is 71.3 Å². The molecule has 57 heavy (non-hydrogen) atoms. The van der Waals surface area contributed by atoms with Crippen LogP contribution in [-0.2, 0) is 0 Å². The van der Waals surface area contributed by atoms with Crippen molar-refractivity contribution in [3.05, 3.63) is 176 Å². The van der Waals surface area contributed by atoms with Crippen molar-refractivity contribution in [2.45, 2.75) is 0 Å². The standard InChI is InChI=1S/C51H29N3O3/c1-5-22-43-36(15-1)38-19-9-18-35(48(38)57-43)32-13-7-11-30(27-32)31-12-8-14-33(28-31)49-52-50(34-25-26-45-41(29-34)37-16-2-4-21-42(37)55-45)54-51(53-49)40-20-10-24-46-47(40)39-17-3-6-23-44(39)56-46/h1-29H. The Kier molecular flexibility index (Phi) is 6.83. The number of fused-ring (bicyclic) bond motifs is 9. The predicted molar refractivity (Wildman–Crippen MR) is 229 cm³/mol. The molecule has 0 N–H and O–H groups in total. The van der Waals surface area contributed by atoms with E-state index in [1.165, 1.54) is 0 Å². The van der Waals surface area contributed by atoms with Crippen molar-refractivity contribution in [2.24, 2.45) is 0 Å². The predicted octanol–water partition coefficient (Wildman–Crippen LogP) is 13.9. The molecule has 8 aromatic carbocycles. The lowest BCUT2D eigenvalue weighted by Gasteiger charge is -2.11. The van der Waals surface area contributed by atoms with Gasteiger partial charge in [0.1, 0.15) is 33.5 Å². The Labute approximate surface area is 325 Å². The van der Waals surface area contributed by atoms with E-state index in [0.29, 0.717) is 17.5 Å². The van der Waals surface area contributed by atoms with Gasteiger partial charge in [-0.3, -0.25) is 0 Å². The van der Waals surface area contributed by atoms with Crippen LogP contribution in [-0.4, -0.2) is 15.0 Å². The van der Waals surface area contributed by atoms with E-state index in [0.717, 1.165) is 105 Å². The molecule has 0 amide bonds. The first-order chi connectivity index (χ1) is 28.2. The van der Waals surface area contributed by atoms with Gasteiger partial charge in [0.15, 0.2) is 17.5 Å². The third-order valence-corrected chi connectivity index (χ3v) is 10.9. The molecule has 0 saturated heterocycles. The summed E-state index contributed by atoms with van der Waals surface area (Å²) in [5, 5.41) is 6.26. The fraction of sp³-hybridized carbons (Fsp3) is 0. The second-order valence-electron chi connectivity index (χ2n) is 14.3. The lowest BCUT2D eigenvalue weighted by molar-refractivity contribution is 0.668. The molecule has 6 heteroatoms. The molecule has 0 saturated carbocycles. The Hall–Kier alpha value is -7.83. The molecule has 0 atom stereocenters. The van der Waals surface area contributed by atoms with E-state index in [-0.39, 0.29) is 0 Å². The van der Waals surface area contributed by atoms with Gasteiger partial charge in [-0.1, -0.05) is 121 Å². The zero-order valence-electron chi connectivity index (χ0n) is 30.3. The molecule has 4 heterocycles. The van der Waals surface area contributed by atoms with Crippen LogP contribution in [0.2, 0.25) is 0 Å². The van der Waals surface area contributed by atoms with Crippen LogP contribution in [0.5, 0.6) is 0 Å². The maximum absolute atomic E-state index is 6.41. The zero-order valence-corrected chi connectivity index (χ0v) is 30.3. The van der Waals surface area contributed by atoms with E-state index in [1.54, 1.807) is 0 Å². The number of aromatic nitrogens is 3. The summed E-state index contributed by atoms with van der Waals surface area (Å²) in [7, 11) is 0. The highest BCUT2D eigenvalue weighted by Crippen LogP contribution is 2.40. The van der Waals surface area contributed by atoms with Gasteiger partial charge in [0.25, 0.3) is 0 Å². The summed E-state index contributed by atoms with van der Waals surface area (Å²) in [5.74, 6) is 1.70. The van der Waals surface area contributed by atoms with Crippen LogP contribution in [0.25, 0.3) is 122 Å². The smallest absolute Gasteiger partial charge is 0.164 e. The number of furan rings is 3. The van der Waals surface area contributed by atoms with Crippen LogP contribution >= 0.6 is 0 Å². The molecular weight excluding hydrogens is 703 g/mol. The molecule has 0 aliphatic carbocycles. The molecular formula is C51H29N3O3. The minimum Gasteiger partial charge on any atom is -0.456 e. The van der Waals surface area contributed by atoms with Crippen molar-refractivity contribution in [3.63, 3.8) is 0 Å². The van der Waals surface area contributed by atoms with E-state index >= 15 is 0 Å². The van der Waals surface area contributed by atoms with Crippen LogP contribution in [0, 0.1) is 0 Å². The third kappa shape index (κ3) is 5.08. The fourth-order valence-corrected chi connectivity index (χ4v) is 8.26. The molecule has 4 aromatic heterocycles. The van der Waals surface area contributed by atoms with Gasteiger partial charge in [-0.15, -0.1) is 0 Å². The van der Waals surface area contributed by atoms with E-state index in [1.807, 2.05) is 72.8 Å². The monoisotopic (exact) mass is 731 g/mol. The van der Waals surface area contributed by atoms with Gasteiger partial charge in [0, 0.05) is 54.6 Å². The molecule has 12 aromatic rings. The van der Waals surface area contributed by atoms with Gasteiger partial charge in [-0.25, -0.2) is 15.0 Å². The van der Waals surface area contributed by atoms with Crippen molar-refractivity contribution < 1.29 is 13.3 Å². The normalized spacial score (nSPS) is 11.9. The maximum Gasteiger partial charge on any atom is 0.164 e. The quantitative estimate of drug-likeness (QED) is 0.175. The minimum atomic E-state index is 0.565. The Morgan fingerprint density at radius 3 is 1.56 bits per heavy atom. The summed E-state index contributed by atoms with van der Waals surface area (Å²) in [5.41, 5.74) is 11.9. The molecule has 0 bridgehead atoms. The van der Waals surface area contributed by atoms with Crippen LogP contribution < -0.4 is 0 Å². The molecule has 0 fully saturated rings. The van der Waals surface area contributed by atoms with Gasteiger partial charge in [0.05, 0.1) is 0 Å². The van der Waals surface area contributed by atoms with Crippen LogP contribution in [0.4, 0.5) is 0 Å². The molecule has 266 valence electrons. The van der Waals surface area contributed by atoms with E-state index < -0.39 is 0 Å². The summed E-state index contributed by atoms with van der Waals surface area (Å²) >= 11 is 0. The Morgan fingerprint density at radius 1 is 0.281 bits per heavy atom. The maximum atomic E-state index is 6.41. The van der Waals surface area contributed by atoms with E-state index in [9.17, 15) is 0 Å². The van der Waals surface area contributed by atoms with Crippen LogP contribution in [0.15, 0.2) is 189 Å². The Bertz CT molecular complexity index is 3550. The van der Waals surface area contributed by atoms with Crippen molar-refractivity contribution in [1.82, 2.24) is 15.0 Å². The first-order valence-electron chi connectivity index (χ1n) is 18.9. The fourth-order valence-electron chi connectivity index (χ4n) is 8.26. The summed E-state index contributed by atoms with van der Waals surface area (Å²) < 4.78 is 18.9. The Morgan fingerprint density at radius 2 is 0.772 bits per heavy atom. The van der Waals surface area contributed by atoms with Gasteiger partial charge in [0.2, 0.25) is 0 Å². The lowest BCUT2D eigenvalue weighted by atomic mass is 9.97. The second-order valence-corrected chi connectivity index (χ2v) is 14.3. The summed E-state index contributed by atoms with van der Waals surface area (Å²) in [6.07, 6.45) is 0. The molecule has 0 radical (unpaired) electrons. The second kappa shape index (κ2) is 12.3. The largest absolute Gasteiger partial charge is 0.456 e. The molecule has 0 aliphatic heterocycles. The number of nitrogens with zero attached hydrogens (tertiary/aromatic N) is 3. The average molecular weight is 732 g/mol. The molecule has 0 unspecified atom stereocenters. The van der Waals surface area contributed by atoms with Crippen LogP contribution in [0.3, 0.4) is 0 Å². The first kappa shape index (κ1) is 31.5. The Balaban J connectivity index is 1.02. The third-order valence-electron chi connectivity index (χ3n) is 10.9. The van der Waals surface area contributed by atoms with Crippen molar-refractivity contribution >= 4 is 65.8 Å². The number of rotatable bonds is 5. The average Bonchev–Trinajstić information content (AvgIpc) is 3.97. The minimum absolute atomic E-state index is 0.565. The number of hydrogen-bond donors (Lipinski definition) is 0. The summed E-state index contributed by atoms with van der Waals surface area (Å²) in [6, 6.07) is 59.9. The highest BCUT2D eigenvalue weighted by atomic mass is 16.3. The van der Waals surface area contributed by atoms with Crippen molar-refractivity contribution in [2.75, 3.05) is 0 Å². The molecule has 0 spiro atoms. The molecule has 0 aliphatic rings. The van der Waals surface area contributed by atoms with Gasteiger partial charge in [-0.2, -0.15) is 0 Å². The van der Waals surface area contributed by atoms with Gasteiger partial charge < -0.3 is 13.3 Å². The number of benzene rings is 8. The zero-order chi connectivity index (χ0) is 37.5. The SMILES string of the molecule is c1cc(-c2cccc(-c3cccc4c3oc3ccccc34)c2)cc(-c2nc(-c3ccc4oc5ccccc5c4c3)nc(-c3cccc4oc5ccccc5c34)n2)c1. The van der Waals surface area contributed by atoms with Crippen LogP contribution in [0.1, 0.15) is 0 Å². The molecule has 12 rings (SSSR count).